The van der Waals surface area contributed by atoms with Crippen LogP contribution in [0.15, 0.2) is 0 Å². The summed E-state index contributed by atoms with van der Waals surface area (Å²) in [4.78, 5) is 2.59. The molecular weight excluding hydrogens is 334 g/mol. The molecule has 148 valence electrons. The van der Waals surface area contributed by atoms with Crippen LogP contribution >= 0.6 is 0 Å². The van der Waals surface area contributed by atoms with E-state index >= 15 is 0 Å². The van der Waals surface area contributed by atoms with E-state index in [0.717, 1.165) is 35.5 Å². The predicted molar refractivity (Wildman–Crippen MR) is 106 cm³/mol. The summed E-state index contributed by atoms with van der Waals surface area (Å²) in [5, 5.41) is 19.8. The van der Waals surface area contributed by atoms with E-state index in [1.807, 2.05) is 0 Å². The van der Waals surface area contributed by atoms with Gasteiger partial charge >= 0.3 is 0 Å². The lowest BCUT2D eigenvalue weighted by atomic mass is 9.48. The molecule has 8 aliphatic carbocycles. The number of nitrogens with zero attached hydrogens (tertiary/aromatic N) is 1. The van der Waals surface area contributed by atoms with Gasteiger partial charge in [0.15, 0.2) is 11.9 Å². The summed E-state index contributed by atoms with van der Waals surface area (Å²) in [7, 11) is 0. The van der Waals surface area contributed by atoms with Gasteiger partial charge in [0.05, 0.1) is 0 Å². The number of hydrogen-bond donors (Lipinski definition) is 4. The van der Waals surface area contributed by atoms with Gasteiger partial charge in [-0.15, -0.1) is 0 Å². The van der Waals surface area contributed by atoms with Crippen LogP contribution in [-0.2, 0) is 0 Å². The number of nitrogens with two attached hydrogens (primary N) is 1. The fourth-order valence-electron chi connectivity index (χ4n) is 9.84. The first-order chi connectivity index (χ1) is 12.9. The van der Waals surface area contributed by atoms with Crippen LogP contribution in [0.3, 0.4) is 0 Å². The summed E-state index contributed by atoms with van der Waals surface area (Å²) >= 11 is 0. The van der Waals surface area contributed by atoms with Crippen molar-refractivity contribution in [3.8, 4) is 0 Å². The first-order valence-corrected chi connectivity index (χ1v) is 11.4. The summed E-state index contributed by atoms with van der Waals surface area (Å²) in [5.41, 5.74) is 6.05. The molecule has 8 fully saturated rings. The Morgan fingerprint density at radius 3 is 1.22 bits per heavy atom. The molecule has 0 aromatic heterocycles. The molecular formula is C22H35N5. The molecule has 8 saturated carbocycles. The molecule has 5 heteroatoms. The molecule has 0 atom stereocenters. The quantitative estimate of drug-likeness (QED) is 0.442. The lowest BCUT2D eigenvalue weighted by molar-refractivity contribution is -0.147. The molecule has 8 bridgehead atoms. The monoisotopic (exact) mass is 369 g/mol. The molecule has 0 aromatic carbocycles. The normalized spacial score (nSPS) is 51.4. The Morgan fingerprint density at radius 1 is 0.667 bits per heavy atom. The van der Waals surface area contributed by atoms with Gasteiger partial charge in [0.1, 0.15) is 0 Å². The fraction of sp³-hybridized carbons (Fsp3) is 0.909. The van der Waals surface area contributed by atoms with E-state index in [9.17, 15) is 0 Å². The van der Waals surface area contributed by atoms with E-state index in [0.29, 0.717) is 5.96 Å². The maximum Gasteiger partial charge on any atom is 0.198 e. The molecule has 27 heavy (non-hydrogen) atoms. The van der Waals surface area contributed by atoms with Gasteiger partial charge in [0.25, 0.3) is 0 Å². The molecule has 5 nitrogen and oxygen atoms in total. The van der Waals surface area contributed by atoms with Crippen molar-refractivity contribution in [3.05, 3.63) is 0 Å². The highest BCUT2D eigenvalue weighted by atomic mass is 15.4. The molecule has 0 radical (unpaired) electrons. The van der Waals surface area contributed by atoms with Crippen LogP contribution in [-0.4, -0.2) is 27.9 Å². The lowest BCUT2D eigenvalue weighted by Crippen LogP contribution is -2.73. The van der Waals surface area contributed by atoms with Gasteiger partial charge in [-0.05, 0) is 113 Å². The van der Waals surface area contributed by atoms with Crippen LogP contribution in [0.4, 0.5) is 0 Å². The standard InChI is InChI=1S/C22H35N5/c23-19(24)26-20(25)27(21-7-13-1-14(8-21)3-15(2-13)9-21)22-10-16-4-17(11-22)6-18(5-16)12-22/h13-18H,1-12H2,(H5,23,24,25,26). The zero-order chi connectivity index (χ0) is 18.4. The highest BCUT2D eigenvalue weighted by Gasteiger charge is 2.62. The second kappa shape index (κ2) is 5.42. The van der Waals surface area contributed by atoms with Gasteiger partial charge in [0.2, 0.25) is 0 Å². The van der Waals surface area contributed by atoms with Crippen molar-refractivity contribution in [2.75, 3.05) is 0 Å². The van der Waals surface area contributed by atoms with Gasteiger partial charge in [-0.2, -0.15) is 0 Å². The highest BCUT2D eigenvalue weighted by Crippen LogP contribution is 2.64. The van der Waals surface area contributed by atoms with Crippen molar-refractivity contribution >= 4 is 11.9 Å². The smallest absolute Gasteiger partial charge is 0.198 e. The Morgan fingerprint density at radius 2 is 0.963 bits per heavy atom. The first-order valence-electron chi connectivity index (χ1n) is 11.4. The fourth-order valence-corrected chi connectivity index (χ4v) is 9.84. The van der Waals surface area contributed by atoms with E-state index in [2.05, 4.69) is 10.2 Å². The first kappa shape index (κ1) is 16.7. The van der Waals surface area contributed by atoms with Crippen molar-refractivity contribution in [2.45, 2.75) is 88.1 Å². The summed E-state index contributed by atoms with van der Waals surface area (Å²) in [6, 6.07) is 0. The topological polar surface area (TPSA) is 89.0 Å². The Labute approximate surface area is 162 Å². The number of guanidine groups is 2. The Hall–Kier alpha value is -1.26. The minimum atomic E-state index is -0.0699. The second-order valence-corrected chi connectivity index (χ2v) is 11.5. The summed E-state index contributed by atoms with van der Waals surface area (Å²) in [5.74, 6) is 5.62. The van der Waals surface area contributed by atoms with Crippen LogP contribution in [0.1, 0.15) is 77.0 Å². The molecule has 5 N–H and O–H groups in total. The minimum Gasteiger partial charge on any atom is -0.370 e. The molecule has 0 amide bonds. The number of hydrogen-bond acceptors (Lipinski definition) is 2. The van der Waals surface area contributed by atoms with Crippen LogP contribution in [0.2, 0.25) is 0 Å². The van der Waals surface area contributed by atoms with Gasteiger partial charge in [-0.1, -0.05) is 0 Å². The van der Waals surface area contributed by atoms with E-state index in [-0.39, 0.29) is 17.0 Å². The largest absolute Gasteiger partial charge is 0.370 e. The van der Waals surface area contributed by atoms with Crippen LogP contribution in [0.25, 0.3) is 0 Å². The van der Waals surface area contributed by atoms with Gasteiger partial charge < -0.3 is 10.6 Å². The van der Waals surface area contributed by atoms with Crippen LogP contribution in [0, 0.1) is 46.3 Å². The third kappa shape index (κ3) is 2.42. The van der Waals surface area contributed by atoms with Gasteiger partial charge in [-0.3, -0.25) is 16.1 Å². The lowest BCUT2D eigenvalue weighted by Gasteiger charge is -2.69. The molecule has 8 rings (SSSR count). The molecule has 0 heterocycles. The zero-order valence-corrected chi connectivity index (χ0v) is 16.5. The number of rotatable bonds is 2. The third-order valence-electron chi connectivity index (χ3n) is 9.44. The minimum absolute atomic E-state index is 0.0699. The number of nitrogens with one attached hydrogen (secondary N) is 3. The van der Waals surface area contributed by atoms with Crippen molar-refractivity contribution in [2.24, 2.45) is 41.2 Å². The summed E-state index contributed by atoms with van der Waals surface area (Å²) in [6.07, 6.45) is 16.3. The molecule has 0 unspecified atom stereocenters. The van der Waals surface area contributed by atoms with Crippen LogP contribution in [0.5, 0.6) is 0 Å². The van der Waals surface area contributed by atoms with Crippen molar-refractivity contribution in [3.63, 3.8) is 0 Å². The van der Waals surface area contributed by atoms with E-state index in [4.69, 9.17) is 16.6 Å². The maximum absolute atomic E-state index is 9.04. The Balaban J connectivity index is 1.42. The van der Waals surface area contributed by atoms with Gasteiger partial charge in [0, 0.05) is 11.1 Å². The summed E-state index contributed by atoms with van der Waals surface area (Å²) < 4.78 is 0. The van der Waals surface area contributed by atoms with Crippen molar-refractivity contribution in [1.82, 2.24) is 10.2 Å². The Kier molecular flexibility index (Phi) is 3.34. The third-order valence-corrected chi connectivity index (χ3v) is 9.44. The molecule has 8 aliphatic rings. The van der Waals surface area contributed by atoms with E-state index in [1.54, 1.807) is 0 Å². The maximum atomic E-state index is 9.04. The Bertz CT molecular complexity index is 568. The van der Waals surface area contributed by atoms with Crippen LogP contribution < -0.4 is 11.1 Å². The molecule has 0 spiro atoms. The average molecular weight is 370 g/mol. The summed E-state index contributed by atoms with van der Waals surface area (Å²) in [6.45, 7) is 0. The van der Waals surface area contributed by atoms with Crippen molar-refractivity contribution < 1.29 is 0 Å². The molecule has 0 saturated heterocycles. The SMILES string of the molecule is N=C(N)NC(=N)N(C12CC3CC(CC(C3)C1)C2)C12CC3CC(CC(C3)C1)C2. The van der Waals surface area contributed by atoms with Gasteiger partial charge in [-0.25, -0.2) is 0 Å². The predicted octanol–water partition coefficient (Wildman–Crippen LogP) is 3.64. The second-order valence-electron chi connectivity index (χ2n) is 11.5. The zero-order valence-electron chi connectivity index (χ0n) is 16.5. The highest BCUT2D eigenvalue weighted by molar-refractivity contribution is 5.95. The average Bonchev–Trinajstić information content (AvgIpc) is 2.50. The molecule has 0 aliphatic heterocycles. The molecule has 0 aromatic rings. The van der Waals surface area contributed by atoms with E-state index < -0.39 is 0 Å². The van der Waals surface area contributed by atoms with Crippen molar-refractivity contribution in [1.29, 1.82) is 10.8 Å². The van der Waals surface area contributed by atoms with E-state index in [1.165, 1.54) is 77.0 Å².